The number of anilines is 1. The standard InChI is InChI=1S/C8H7N2/c9-8-2-1-6-5-10-4-3-7(6)8/h1-4,10H,9H2. The molecular formula is C8H7N2. The SMILES string of the molecule is Nc1ccc2[c][nH]ccc1-2. The van der Waals surface area contributed by atoms with E-state index in [2.05, 4.69) is 11.2 Å². The molecule has 10 heavy (non-hydrogen) atoms. The van der Waals surface area contributed by atoms with E-state index in [0.29, 0.717) is 0 Å². The average molecular weight is 131 g/mol. The molecule has 0 fully saturated rings. The summed E-state index contributed by atoms with van der Waals surface area (Å²) in [6.07, 6.45) is 4.78. The van der Waals surface area contributed by atoms with Gasteiger partial charge in [0.05, 0.1) is 6.20 Å². The lowest BCUT2D eigenvalue weighted by Crippen LogP contribution is -1.83. The van der Waals surface area contributed by atoms with Crippen LogP contribution in [0, 0.1) is 6.20 Å². The van der Waals surface area contributed by atoms with Crippen molar-refractivity contribution in [2.24, 2.45) is 0 Å². The number of hydrogen-bond donors (Lipinski definition) is 2. The molecular weight excluding hydrogens is 124 g/mol. The van der Waals surface area contributed by atoms with Crippen LogP contribution in [0.15, 0.2) is 24.4 Å². The van der Waals surface area contributed by atoms with Gasteiger partial charge in [-0.05, 0) is 12.1 Å². The Hall–Kier alpha value is -1.44. The fraction of sp³-hybridized carbons (Fsp3) is 0. The monoisotopic (exact) mass is 131 g/mol. The van der Waals surface area contributed by atoms with Crippen LogP contribution in [-0.2, 0) is 0 Å². The van der Waals surface area contributed by atoms with Crippen LogP contribution < -0.4 is 5.73 Å². The van der Waals surface area contributed by atoms with E-state index in [4.69, 9.17) is 5.73 Å². The number of aromatic amines is 1. The Balaban J connectivity index is 2.78. The number of H-pyrrole nitrogens is 1. The molecule has 0 amide bonds. The third kappa shape index (κ3) is 0.589. The number of aromatic nitrogens is 1. The highest BCUT2D eigenvalue weighted by Gasteiger charge is 2.03. The summed E-state index contributed by atoms with van der Waals surface area (Å²) in [5.41, 5.74) is 8.57. The Morgan fingerprint density at radius 1 is 1.30 bits per heavy atom. The second-order valence-corrected chi connectivity index (χ2v) is 2.22. The van der Waals surface area contributed by atoms with Crippen molar-refractivity contribution in [2.75, 3.05) is 5.73 Å². The van der Waals surface area contributed by atoms with Gasteiger partial charge in [0.2, 0.25) is 0 Å². The van der Waals surface area contributed by atoms with Crippen molar-refractivity contribution in [2.45, 2.75) is 0 Å². The highest BCUT2D eigenvalue weighted by atomic mass is 14.6. The van der Waals surface area contributed by atoms with Gasteiger partial charge in [-0.15, -0.1) is 0 Å². The predicted octanol–water partition coefficient (Wildman–Crippen LogP) is 1.50. The molecule has 2 aliphatic rings. The first-order valence-electron chi connectivity index (χ1n) is 3.11. The Morgan fingerprint density at radius 3 is 3.00 bits per heavy atom. The van der Waals surface area contributed by atoms with E-state index in [1.165, 1.54) is 0 Å². The fourth-order valence-electron chi connectivity index (χ4n) is 1.05. The summed E-state index contributed by atoms with van der Waals surface area (Å²) in [6, 6.07) is 5.78. The summed E-state index contributed by atoms with van der Waals surface area (Å²) in [6.45, 7) is 0. The second kappa shape index (κ2) is 1.77. The van der Waals surface area contributed by atoms with Gasteiger partial charge in [-0.25, -0.2) is 0 Å². The lowest BCUT2D eigenvalue weighted by atomic mass is 10.2. The molecule has 0 aromatic carbocycles. The summed E-state index contributed by atoms with van der Waals surface area (Å²) < 4.78 is 0. The summed E-state index contributed by atoms with van der Waals surface area (Å²) in [5, 5.41) is 0. The molecule has 1 radical (unpaired) electrons. The molecule has 0 saturated heterocycles. The molecule has 2 heteroatoms. The molecule has 1 aliphatic carbocycles. The van der Waals surface area contributed by atoms with E-state index >= 15 is 0 Å². The maximum atomic E-state index is 5.64. The van der Waals surface area contributed by atoms with Crippen LogP contribution >= 0.6 is 0 Å². The van der Waals surface area contributed by atoms with Gasteiger partial charge in [0, 0.05) is 23.0 Å². The molecule has 0 unspecified atom stereocenters. The maximum absolute atomic E-state index is 5.64. The smallest absolute Gasteiger partial charge is 0.0705 e. The van der Waals surface area contributed by atoms with Crippen LogP contribution in [0.3, 0.4) is 0 Å². The molecule has 0 saturated carbocycles. The number of rotatable bonds is 0. The normalized spacial score (nSPS) is 10.4. The van der Waals surface area contributed by atoms with Crippen molar-refractivity contribution in [1.29, 1.82) is 0 Å². The number of nitrogens with one attached hydrogen (secondary N) is 1. The van der Waals surface area contributed by atoms with Crippen molar-refractivity contribution < 1.29 is 0 Å². The third-order valence-electron chi connectivity index (χ3n) is 1.57. The molecule has 1 aliphatic heterocycles. The van der Waals surface area contributed by atoms with E-state index in [0.717, 1.165) is 16.8 Å². The Labute approximate surface area is 59.0 Å². The molecule has 0 aromatic rings. The van der Waals surface area contributed by atoms with Crippen LogP contribution in [0.5, 0.6) is 0 Å². The minimum absolute atomic E-state index is 0.820. The molecule has 0 spiro atoms. The van der Waals surface area contributed by atoms with Crippen LogP contribution in [0.2, 0.25) is 0 Å². The third-order valence-corrected chi connectivity index (χ3v) is 1.57. The summed E-state index contributed by atoms with van der Waals surface area (Å²) >= 11 is 0. The van der Waals surface area contributed by atoms with Crippen molar-refractivity contribution in [3.8, 4) is 11.1 Å². The van der Waals surface area contributed by atoms with Gasteiger partial charge in [0.1, 0.15) is 0 Å². The lowest BCUT2D eigenvalue weighted by molar-refractivity contribution is 1.32. The fourth-order valence-corrected chi connectivity index (χ4v) is 1.05. The zero-order chi connectivity index (χ0) is 6.97. The highest BCUT2D eigenvalue weighted by Crippen LogP contribution is 2.27. The van der Waals surface area contributed by atoms with Gasteiger partial charge in [0.25, 0.3) is 0 Å². The first-order valence-corrected chi connectivity index (χ1v) is 3.11. The van der Waals surface area contributed by atoms with Crippen LogP contribution in [0.25, 0.3) is 11.1 Å². The molecule has 3 N–H and O–H groups in total. The Morgan fingerprint density at radius 2 is 2.20 bits per heavy atom. The lowest BCUT2D eigenvalue weighted by Gasteiger charge is -1.95. The first-order chi connectivity index (χ1) is 4.88. The quantitative estimate of drug-likeness (QED) is 0.559. The number of nitrogens with two attached hydrogens (primary N) is 1. The molecule has 1 heterocycles. The number of nitrogen functional groups attached to an aromatic ring is 1. The van der Waals surface area contributed by atoms with E-state index in [1.54, 1.807) is 0 Å². The number of pyridine rings is 1. The van der Waals surface area contributed by atoms with Crippen molar-refractivity contribution in [3.05, 3.63) is 30.6 Å². The van der Waals surface area contributed by atoms with Crippen LogP contribution in [0.4, 0.5) is 5.69 Å². The van der Waals surface area contributed by atoms with Crippen LogP contribution in [-0.4, -0.2) is 4.98 Å². The predicted molar refractivity (Wildman–Crippen MR) is 40.7 cm³/mol. The maximum Gasteiger partial charge on any atom is 0.0705 e. The first kappa shape index (κ1) is 5.35. The molecule has 49 valence electrons. The number of hydrogen-bond acceptors (Lipinski definition) is 1. The zero-order valence-corrected chi connectivity index (χ0v) is 5.39. The van der Waals surface area contributed by atoms with Gasteiger partial charge in [0.15, 0.2) is 0 Å². The zero-order valence-electron chi connectivity index (χ0n) is 5.39. The molecule has 2 rings (SSSR count). The van der Waals surface area contributed by atoms with Gasteiger partial charge in [-0.3, -0.25) is 0 Å². The van der Waals surface area contributed by atoms with E-state index in [1.807, 2.05) is 24.4 Å². The van der Waals surface area contributed by atoms with Crippen molar-refractivity contribution in [3.63, 3.8) is 0 Å². The Kier molecular flexibility index (Phi) is 0.947. The van der Waals surface area contributed by atoms with Crippen molar-refractivity contribution >= 4 is 5.69 Å². The molecule has 2 nitrogen and oxygen atoms in total. The summed E-state index contributed by atoms with van der Waals surface area (Å²) in [5.74, 6) is 0. The van der Waals surface area contributed by atoms with Gasteiger partial charge >= 0.3 is 0 Å². The Bertz CT molecular complexity index is 311. The summed E-state index contributed by atoms with van der Waals surface area (Å²) in [4.78, 5) is 2.87. The minimum Gasteiger partial charge on any atom is -0.398 e. The highest BCUT2D eigenvalue weighted by molar-refractivity contribution is 5.78. The van der Waals surface area contributed by atoms with E-state index in [9.17, 15) is 0 Å². The number of fused-ring (bicyclic) bond motifs is 1. The topological polar surface area (TPSA) is 41.8 Å². The van der Waals surface area contributed by atoms with Gasteiger partial charge in [-0.2, -0.15) is 0 Å². The minimum atomic E-state index is 0.820. The average Bonchev–Trinajstić information content (AvgIpc) is 2.34. The van der Waals surface area contributed by atoms with E-state index in [-0.39, 0.29) is 0 Å². The largest absolute Gasteiger partial charge is 0.398 e. The van der Waals surface area contributed by atoms with Crippen molar-refractivity contribution in [1.82, 2.24) is 4.98 Å². The molecule has 0 aromatic heterocycles. The van der Waals surface area contributed by atoms with Gasteiger partial charge < -0.3 is 10.7 Å². The van der Waals surface area contributed by atoms with E-state index < -0.39 is 0 Å². The van der Waals surface area contributed by atoms with Crippen LogP contribution in [0.1, 0.15) is 0 Å². The molecule has 0 atom stereocenters. The second-order valence-electron chi connectivity index (χ2n) is 2.22. The molecule has 0 bridgehead atoms. The summed E-state index contributed by atoms with van der Waals surface area (Å²) in [7, 11) is 0. The van der Waals surface area contributed by atoms with Gasteiger partial charge in [-0.1, -0.05) is 6.07 Å².